The molecule has 2 unspecified atom stereocenters. The third kappa shape index (κ3) is 6.41. The first-order chi connectivity index (χ1) is 8.76. The summed E-state index contributed by atoms with van der Waals surface area (Å²) < 4.78 is 0. The average Bonchev–Trinajstić information content (AvgIpc) is 2.42. The van der Waals surface area contributed by atoms with Crippen LogP contribution in [0.2, 0.25) is 0 Å². The topological polar surface area (TPSA) is 24.9 Å². The van der Waals surface area contributed by atoms with E-state index in [4.69, 9.17) is 0 Å². The van der Waals surface area contributed by atoms with Gasteiger partial charge < -0.3 is 5.32 Å². The van der Waals surface area contributed by atoms with Gasteiger partial charge in [0.05, 0.1) is 0 Å². The summed E-state index contributed by atoms with van der Waals surface area (Å²) in [6.45, 7) is 7.89. The van der Waals surface area contributed by atoms with Crippen molar-refractivity contribution in [3.05, 3.63) is 30.1 Å². The van der Waals surface area contributed by atoms with Crippen LogP contribution in [0.5, 0.6) is 0 Å². The highest BCUT2D eigenvalue weighted by molar-refractivity contribution is 7.99. The maximum Gasteiger partial charge on any atom is 0.0300 e. The van der Waals surface area contributed by atoms with Gasteiger partial charge in [0.25, 0.3) is 0 Å². The average molecular weight is 266 g/mol. The molecule has 1 aromatic heterocycles. The summed E-state index contributed by atoms with van der Waals surface area (Å²) in [7, 11) is 0. The van der Waals surface area contributed by atoms with Crippen LogP contribution in [-0.2, 0) is 6.42 Å². The van der Waals surface area contributed by atoms with Crippen LogP contribution in [0, 0.1) is 0 Å². The van der Waals surface area contributed by atoms with Crippen LogP contribution in [0.4, 0.5) is 0 Å². The van der Waals surface area contributed by atoms with Crippen molar-refractivity contribution in [1.82, 2.24) is 10.3 Å². The number of nitrogens with one attached hydrogen (secondary N) is 1. The number of aromatic nitrogens is 1. The summed E-state index contributed by atoms with van der Waals surface area (Å²) in [5, 5.41) is 4.40. The number of hydrogen-bond donors (Lipinski definition) is 1. The monoisotopic (exact) mass is 266 g/mol. The Balaban J connectivity index is 2.44. The first kappa shape index (κ1) is 15.5. The van der Waals surface area contributed by atoms with Gasteiger partial charge in [-0.05, 0) is 37.4 Å². The minimum atomic E-state index is 0.563. The zero-order chi connectivity index (χ0) is 13.2. The molecule has 0 radical (unpaired) electrons. The van der Waals surface area contributed by atoms with Gasteiger partial charge in [0.1, 0.15) is 0 Å². The maximum atomic E-state index is 4.19. The second-order valence-electron chi connectivity index (χ2n) is 4.77. The molecule has 1 rings (SSSR count). The molecular weight excluding hydrogens is 240 g/mol. The van der Waals surface area contributed by atoms with Crippen LogP contribution in [-0.4, -0.2) is 28.6 Å². The van der Waals surface area contributed by atoms with E-state index in [1.165, 1.54) is 24.2 Å². The van der Waals surface area contributed by atoms with Gasteiger partial charge in [0.15, 0.2) is 0 Å². The second-order valence-corrected chi connectivity index (χ2v) is 6.24. The third-order valence-corrected chi connectivity index (χ3v) is 4.54. The predicted octanol–water partition coefficient (Wildman–Crippen LogP) is 3.52. The lowest BCUT2D eigenvalue weighted by Crippen LogP contribution is -2.34. The van der Waals surface area contributed by atoms with E-state index in [9.17, 15) is 0 Å². The van der Waals surface area contributed by atoms with Crippen LogP contribution in [0.15, 0.2) is 24.5 Å². The van der Waals surface area contributed by atoms with Gasteiger partial charge in [0.2, 0.25) is 0 Å². The Morgan fingerprint density at radius 3 is 2.83 bits per heavy atom. The highest BCUT2D eigenvalue weighted by Gasteiger charge is 2.11. The minimum absolute atomic E-state index is 0.563. The van der Waals surface area contributed by atoms with Crippen molar-refractivity contribution >= 4 is 11.8 Å². The first-order valence-electron chi connectivity index (χ1n) is 7.00. The molecule has 102 valence electrons. The quantitative estimate of drug-likeness (QED) is 0.740. The van der Waals surface area contributed by atoms with Crippen LogP contribution in [0.1, 0.15) is 39.2 Å². The molecular formula is C15H26N2S. The van der Waals surface area contributed by atoms with Crippen molar-refractivity contribution in [2.75, 3.05) is 12.3 Å². The van der Waals surface area contributed by atoms with Crippen molar-refractivity contribution in [2.24, 2.45) is 0 Å². The molecule has 0 spiro atoms. The molecule has 1 aromatic rings. The molecule has 3 heteroatoms. The summed E-state index contributed by atoms with van der Waals surface area (Å²) in [6.07, 6.45) is 7.34. The molecule has 0 aliphatic carbocycles. The fourth-order valence-corrected chi connectivity index (χ4v) is 2.77. The van der Waals surface area contributed by atoms with Crippen molar-refractivity contribution in [2.45, 2.75) is 51.3 Å². The Morgan fingerprint density at radius 2 is 2.22 bits per heavy atom. The normalized spacial score (nSPS) is 14.4. The van der Waals surface area contributed by atoms with Gasteiger partial charge in [-0.3, -0.25) is 4.98 Å². The summed E-state index contributed by atoms with van der Waals surface area (Å²) in [5.74, 6) is 1.18. The lowest BCUT2D eigenvalue weighted by atomic mass is 10.1. The van der Waals surface area contributed by atoms with Crippen molar-refractivity contribution < 1.29 is 0 Å². The smallest absolute Gasteiger partial charge is 0.0300 e. The lowest BCUT2D eigenvalue weighted by Gasteiger charge is -2.20. The van der Waals surface area contributed by atoms with E-state index >= 15 is 0 Å². The Hall–Kier alpha value is -0.540. The minimum Gasteiger partial charge on any atom is -0.313 e. The van der Waals surface area contributed by atoms with Gasteiger partial charge in [0, 0.05) is 29.4 Å². The van der Waals surface area contributed by atoms with E-state index in [-0.39, 0.29) is 0 Å². The number of pyridine rings is 1. The highest BCUT2D eigenvalue weighted by atomic mass is 32.2. The molecule has 0 fully saturated rings. The third-order valence-electron chi connectivity index (χ3n) is 3.04. The Bertz CT molecular complexity index is 303. The maximum absolute atomic E-state index is 4.19. The van der Waals surface area contributed by atoms with Gasteiger partial charge in [-0.1, -0.05) is 26.8 Å². The summed E-state index contributed by atoms with van der Waals surface area (Å²) in [4.78, 5) is 4.19. The van der Waals surface area contributed by atoms with Gasteiger partial charge in [-0.2, -0.15) is 11.8 Å². The number of thioether (sulfide) groups is 1. The zero-order valence-electron chi connectivity index (χ0n) is 11.9. The van der Waals surface area contributed by atoms with Crippen LogP contribution in [0.3, 0.4) is 0 Å². The van der Waals surface area contributed by atoms with Crippen molar-refractivity contribution in [1.29, 1.82) is 0 Å². The number of hydrogen-bond acceptors (Lipinski definition) is 3. The fourth-order valence-electron chi connectivity index (χ4n) is 1.74. The van der Waals surface area contributed by atoms with Gasteiger partial charge >= 0.3 is 0 Å². The molecule has 2 atom stereocenters. The molecule has 1 heterocycles. The Morgan fingerprint density at radius 1 is 1.39 bits per heavy atom. The fraction of sp³-hybridized carbons (Fsp3) is 0.667. The number of rotatable bonds is 9. The van der Waals surface area contributed by atoms with E-state index in [0.717, 1.165) is 18.2 Å². The highest BCUT2D eigenvalue weighted by Crippen LogP contribution is 2.16. The van der Waals surface area contributed by atoms with Gasteiger partial charge in [-0.15, -0.1) is 0 Å². The molecule has 1 N–H and O–H groups in total. The SMILES string of the molecule is CCCNC(CSC(C)CC)Cc1cccnc1. The van der Waals surface area contributed by atoms with Gasteiger partial charge in [-0.25, -0.2) is 0 Å². The van der Waals surface area contributed by atoms with Crippen LogP contribution < -0.4 is 5.32 Å². The molecule has 0 saturated carbocycles. The molecule has 0 saturated heterocycles. The molecule has 0 aliphatic heterocycles. The van der Waals surface area contributed by atoms with Crippen LogP contribution in [0.25, 0.3) is 0 Å². The van der Waals surface area contributed by atoms with Crippen molar-refractivity contribution in [3.8, 4) is 0 Å². The van der Waals surface area contributed by atoms with E-state index in [2.05, 4.69) is 48.9 Å². The van der Waals surface area contributed by atoms with E-state index in [1.807, 2.05) is 18.5 Å². The largest absolute Gasteiger partial charge is 0.313 e. The Labute approximate surface area is 116 Å². The first-order valence-corrected chi connectivity index (χ1v) is 8.05. The molecule has 2 nitrogen and oxygen atoms in total. The van der Waals surface area contributed by atoms with Crippen LogP contribution >= 0.6 is 11.8 Å². The molecule has 0 amide bonds. The predicted molar refractivity (Wildman–Crippen MR) is 82.2 cm³/mol. The van der Waals surface area contributed by atoms with E-state index in [1.54, 1.807) is 0 Å². The standard InChI is InChI=1S/C15H26N2S/c1-4-8-17-15(12-18-13(3)5-2)10-14-7-6-9-16-11-14/h6-7,9,11,13,15,17H,4-5,8,10,12H2,1-3H3. The van der Waals surface area contributed by atoms with E-state index < -0.39 is 0 Å². The lowest BCUT2D eigenvalue weighted by molar-refractivity contribution is 0.549. The van der Waals surface area contributed by atoms with Crippen molar-refractivity contribution in [3.63, 3.8) is 0 Å². The zero-order valence-corrected chi connectivity index (χ0v) is 12.7. The molecule has 0 aromatic carbocycles. The molecule has 0 aliphatic rings. The molecule has 18 heavy (non-hydrogen) atoms. The molecule has 0 bridgehead atoms. The summed E-state index contributed by atoms with van der Waals surface area (Å²) >= 11 is 2.07. The van der Waals surface area contributed by atoms with E-state index in [0.29, 0.717) is 6.04 Å². The Kier molecular flexibility index (Phi) is 8.10. The second kappa shape index (κ2) is 9.40. The summed E-state index contributed by atoms with van der Waals surface area (Å²) in [6, 6.07) is 4.75. The summed E-state index contributed by atoms with van der Waals surface area (Å²) in [5.41, 5.74) is 1.33. The number of nitrogens with zero attached hydrogens (tertiary/aromatic N) is 1.